The molecule has 5 nitrogen and oxygen atoms in total. The first-order valence-corrected chi connectivity index (χ1v) is 7.21. The third-order valence-electron chi connectivity index (χ3n) is 2.96. The summed E-state index contributed by atoms with van der Waals surface area (Å²) in [5, 5.41) is 9.14. The second-order valence-electron chi connectivity index (χ2n) is 4.82. The SMILES string of the molecule is CCCCCCOC(=O)C(C)OC(=O)c1ccc(O)cc1. The lowest BCUT2D eigenvalue weighted by Crippen LogP contribution is -2.26. The monoisotopic (exact) mass is 294 g/mol. The fourth-order valence-corrected chi connectivity index (χ4v) is 1.69. The number of aromatic hydroxyl groups is 1. The Morgan fingerprint density at radius 3 is 2.43 bits per heavy atom. The zero-order chi connectivity index (χ0) is 15.7. The van der Waals surface area contributed by atoms with Crippen molar-refractivity contribution in [3.05, 3.63) is 29.8 Å². The van der Waals surface area contributed by atoms with E-state index in [2.05, 4.69) is 6.92 Å². The fraction of sp³-hybridized carbons (Fsp3) is 0.500. The molecular formula is C16H22O5. The molecule has 1 atom stereocenters. The molecule has 0 aliphatic heterocycles. The van der Waals surface area contributed by atoms with Gasteiger partial charge in [-0.25, -0.2) is 9.59 Å². The van der Waals surface area contributed by atoms with E-state index in [0.29, 0.717) is 6.61 Å². The van der Waals surface area contributed by atoms with Gasteiger partial charge in [-0.05, 0) is 37.6 Å². The first-order valence-electron chi connectivity index (χ1n) is 7.21. The lowest BCUT2D eigenvalue weighted by molar-refractivity contribution is -0.153. The Bertz CT molecular complexity index is 452. The number of esters is 2. The number of phenolic OH excluding ortho intramolecular Hbond substituents is 1. The van der Waals surface area contributed by atoms with Crippen molar-refractivity contribution in [2.24, 2.45) is 0 Å². The van der Waals surface area contributed by atoms with E-state index in [9.17, 15) is 9.59 Å². The molecule has 1 aromatic rings. The molecule has 0 amide bonds. The third-order valence-corrected chi connectivity index (χ3v) is 2.96. The standard InChI is InChI=1S/C16H22O5/c1-3-4-5-6-11-20-15(18)12(2)21-16(19)13-7-9-14(17)10-8-13/h7-10,12,17H,3-6,11H2,1-2H3. The van der Waals surface area contributed by atoms with Gasteiger partial charge in [0.05, 0.1) is 12.2 Å². The van der Waals surface area contributed by atoms with E-state index in [4.69, 9.17) is 14.6 Å². The van der Waals surface area contributed by atoms with E-state index in [1.165, 1.54) is 31.2 Å². The molecule has 0 bridgehead atoms. The van der Waals surface area contributed by atoms with Crippen LogP contribution in [0.25, 0.3) is 0 Å². The maximum Gasteiger partial charge on any atom is 0.347 e. The molecule has 21 heavy (non-hydrogen) atoms. The van der Waals surface area contributed by atoms with E-state index in [1.807, 2.05) is 0 Å². The van der Waals surface area contributed by atoms with Gasteiger partial charge < -0.3 is 14.6 Å². The van der Waals surface area contributed by atoms with Crippen LogP contribution < -0.4 is 0 Å². The van der Waals surface area contributed by atoms with Crippen LogP contribution in [-0.4, -0.2) is 29.8 Å². The van der Waals surface area contributed by atoms with Crippen molar-refractivity contribution in [1.29, 1.82) is 0 Å². The molecule has 0 saturated heterocycles. The largest absolute Gasteiger partial charge is 0.508 e. The van der Waals surface area contributed by atoms with Crippen molar-refractivity contribution in [2.45, 2.75) is 45.6 Å². The quantitative estimate of drug-likeness (QED) is 0.589. The molecule has 1 rings (SSSR count). The van der Waals surface area contributed by atoms with Gasteiger partial charge in [-0.3, -0.25) is 0 Å². The van der Waals surface area contributed by atoms with Crippen LogP contribution in [0.2, 0.25) is 0 Å². The maximum atomic E-state index is 11.8. The minimum Gasteiger partial charge on any atom is -0.508 e. The van der Waals surface area contributed by atoms with Gasteiger partial charge in [0.1, 0.15) is 5.75 Å². The zero-order valence-corrected chi connectivity index (χ0v) is 12.5. The fourth-order valence-electron chi connectivity index (χ4n) is 1.69. The van der Waals surface area contributed by atoms with Gasteiger partial charge in [-0.15, -0.1) is 0 Å². The molecule has 0 spiro atoms. The maximum absolute atomic E-state index is 11.8. The predicted octanol–water partition coefficient (Wildman–Crippen LogP) is 3.06. The van der Waals surface area contributed by atoms with Crippen molar-refractivity contribution in [3.8, 4) is 5.75 Å². The Morgan fingerprint density at radius 1 is 1.14 bits per heavy atom. The van der Waals surface area contributed by atoms with E-state index >= 15 is 0 Å². The number of hydrogen-bond donors (Lipinski definition) is 1. The van der Waals surface area contributed by atoms with Gasteiger partial charge >= 0.3 is 11.9 Å². The number of carbonyl (C=O) groups excluding carboxylic acids is 2. The Balaban J connectivity index is 2.34. The lowest BCUT2D eigenvalue weighted by atomic mass is 10.2. The summed E-state index contributed by atoms with van der Waals surface area (Å²) in [6.45, 7) is 3.93. The van der Waals surface area contributed by atoms with Gasteiger partial charge in [0.25, 0.3) is 0 Å². The molecule has 0 aliphatic rings. The molecular weight excluding hydrogens is 272 g/mol. The second-order valence-corrected chi connectivity index (χ2v) is 4.82. The van der Waals surface area contributed by atoms with Gasteiger partial charge in [0, 0.05) is 0 Å². The number of unbranched alkanes of at least 4 members (excludes halogenated alkanes) is 3. The van der Waals surface area contributed by atoms with Crippen LogP contribution in [0, 0.1) is 0 Å². The van der Waals surface area contributed by atoms with Crippen molar-refractivity contribution in [3.63, 3.8) is 0 Å². The van der Waals surface area contributed by atoms with Crippen molar-refractivity contribution < 1.29 is 24.2 Å². The first-order chi connectivity index (χ1) is 10.0. The molecule has 0 fully saturated rings. The number of benzene rings is 1. The molecule has 1 unspecified atom stereocenters. The van der Waals surface area contributed by atoms with Crippen LogP contribution in [0.3, 0.4) is 0 Å². The van der Waals surface area contributed by atoms with Crippen LogP contribution in [0.1, 0.15) is 49.9 Å². The second kappa shape index (κ2) is 9.00. The van der Waals surface area contributed by atoms with Gasteiger partial charge in [0.2, 0.25) is 0 Å². The molecule has 5 heteroatoms. The van der Waals surface area contributed by atoms with Gasteiger partial charge in [-0.1, -0.05) is 26.2 Å². The molecule has 0 heterocycles. The highest BCUT2D eigenvalue weighted by atomic mass is 16.6. The van der Waals surface area contributed by atoms with E-state index in [-0.39, 0.29) is 11.3 Å². The summed E-state index contributed by atoms with van der Waals surface area (Å²) < 4.78 is 10.1. The van der Waals surface area contributed by atoms with Crippen LogP contribution in [0.4, 0.5) is 0 Å². The minimum absolute atomic E-state index is 0.0612. The Labute approximate surface area is 124 Å². The molecule has 0 aromatic heterocycles. The summed E-state index contributed by atoms with van der Waals surface area (Å²) in [4.78, 5) is 23.4. The van der Waals surface area contributed by atoms with Crippen LogP contribution in [0.5, 0.6) is 5.75 Å². The average Bonchev–Trinajstić information content (AvgIpc) is 2.47. The summed E-state index contributed by atoms with van der Waals surface area (Å²) in [5.41, 5.74) is 0.274. The Hall–Kier alpha value is -2.04. The van der Waals surface area contributed by atoms with Crippen LogP contribution in [0.15, 0.2) is 24.3 Å². The van der Waals surface area contributed by atoms with E-state index in [0.717, 1.165) is 25.7 Å². The highest BCUT2D eigenvalue weighted by Crippen LogP contribution is 2.11. The average molecular weight is 294 g/mol. The first kappa shape index (κ1) is 17.0. The number of carbonyl (C=O) groups is 2. The molecule has 1 aromatic carbocycles. The number of hydrogen-bond acceptors (Lipinski definition) is 5. The van der Waals surface area contributed by atoms with E-state index < -0.39 is 18.0 Å². The van der Waals surface area contributed by atoms with Crippen molar-refractivity contribution in [2.75, 3.05) is 6.61 Å². The smallest absolute Gasteiger partial charge is 0.347 e. The van der Waals surface area contributed by atoms with Crippen molar-refractivity contribution in [1.82, 2.24) is 0 Å². The Morgan fingerprint density at radius 2 is 1.81 bits per heavy atom. The van der Waals surface area contributed by atoms with E-state index in [1.54, 1.807) is 0 Å². The summed E-state index contributed by atoms with van der Waals surface area (Å²) in [6.07, 6.45) is 3.12. The lowest BCUT2D eigenvalue weighted by Gasteiger charge is -2.12. The number of rotatable bonds is 8. The number of phenols is 1. The van der Waals surface area contributed by atoms with Crippen molar-refractivity contribution >= 4 is 11.9 Å². The highest BCUT2D eigenvalue weighted by Gasteiger charge is 2.20. The normalized spacial score (nSPS) is 11.7. The summed E-state index contributed by atoms with van der Waals surface area (Å²) in [7, 11) is 0. The third kappa shape index (κ3) is 6.29. The highest BCUT2D eigenvalue weighted by molar-refractivity contribution is 5.91. The molecule has 0 saturated carbocycles. The number of ether oxygens (including phenoxy) is 2. The van der Waals surface area contributed by atoms with Crippen LogP contribution in [-0.2, 0) is 14.3 Å². The molecule has 1 N–H and O–H groups in total. The summed E-state index contributed by atoms with van der Waals surface area (Å²) in [6, 6.07) is 5.63. The Kier molecular flexibility index (Phi) is 7.29. The topological polar surface area (TPSA) is 72.8 Å². The minimum atomic E-state index is -0.947. The van der Waals surface area contributed by atoms with Crippen LogP contribution >= 0.6 is 0 Å². The summed E-state index contributed by atoms with van der Waals surface area (Å²) >= 11 is 0. The zero-order valence-electron chi connectivity index (χ0n) is 12.5. The van der Waals surface area contributed by atoms with Gasteiger partial charge in [0.15, 0.2) is 6.10 Å². The molecule has 0 radical (unpaired) electrons. The predicted molar refractivity (Wildman–Crippen MR) is 78.1 cm³/mol. The molecule has 116 valence electrons. The van der Waals surface area contributed by atoms with Gasteiger partial charge in [-0.2, -0.15) is 0 Å². The molecule has 0 aliphatic carbocycles. The summed E-state index contributed by atoms with van der Waals surface area (Å²) in [5.74, 6) is -1.10.